The summed E-state index contributed by atoms with van der Waals surface area (Å²) in [5.41, 5.74) is 5.42. The van der Waals surface area contributed by atoms with E-state index in [9.17, 15) is 14.0 Å². The Kier molecular flexibility index (Phi) is 6.85. The molecule has 0 bridgehead atoms. The smallest absolute Gasteiger partial charge is 0.331 e. The van der Waals surface area contributed by atoms with Gasteiger partial charge in [-0.2, -0.15) is 0 Å². The highest BCUT2D eigenvalue weighted by molar-refractivity contribution is 5.92. The fourth-order valence-corrected chi connectivity index (χ4v) is 6.00. The van der Waals surface area contributed by atoms with Crippen LogP contribution in [0.15, 0.2) is 70.4 Å². The summed E-state index contributed by atoms with van der Waals surface area (Å²) in [6, 6.07) is 14.4. The topological polar surface area (TPSA) is 63.0 Å². The number of aromatic amines is 1. The summed E-state index contributed by atoms with van der Waals surface area (Å²) in [6.45, 7) is 3.87. The molecule has 2 aromatic carbocycles. The Bertz CT molecular complexity index is 1610. The third-order valence-electron chi connectivity index (χ3n) is 8.05. The number of aromatic nitrogens is 3. The van der Waals surface area contributed by atoms with E-state index in [-0.39, 0.29) is 17.1 Å². The SMILES string of the molecule is O=c1c(-c2ccc(F)cc2)c2n(c(=O)n1CCCCN1CC=C(c3c[nH]c4ccccc34)CC1)CCCC2. The largest absolute Gasteiger partial charge is 0.361 e. The normalized spacial score (nSPS) is 16.0. The van der Waals surface area contributed by atoms with E-state index in [4.69, 9.17) is 0 Å². The van der Waals surface area contributed by atoms with Crippen LogP contribution >= 0.6 is 0 Å². The van der Waals surface area contributed by atoms with Crippen molar-refractivity contribution in [2.24, 2.45) is 0 Å². The first kappa shape index (κ1) is 24.6. The number of rotatable bonds is 7. The Balaban J connectivity index is 1.13. The summed E-state index contributed by atoms with van der Waals surface area (Å²) in [6.07, 6.45) is 9.69. The van der Waals surface area contributed by atoms with Gasteiger partial charge in [0.1, 0.15) is 5.82 Å². The Morgan fingerprint density at radius 1 is 0.895 bits per heavy atom. The van der Waals surface area contributed by atoms with Gasteiger partial charge in [0.05, 0.1) is 5.56 Å². The molecule has 0 unspecified atom stereocenters. The van der Waals surface area contributed by atoms with E-state index in [2.05, 4.69) is 46.4 Å². The lowest BCUT2D eigenvalue weighted by Gasteiger charge is -2.26. The molecule has 0 fully saturated rings. The molecule has 1 N–H and O–H groups in total. The zero-order chi connectivity index (χ0) is 26.1. The first-order chi connectivity index (χ1) is 18.6. The van der Waals surface area contributed by atoms with Gasteiger partial charge >= 0.3 is 5.69 Å². The molecule has 38 heavy (non-hydrogen) atoms. The number of hydrogen-bond donors (Lipinski definition) is 1. The number of fused-ring (bicyclic) bond motifs is 2. The third-order valence-corrected chi connectivity index (χ3v) is 8.05. The maximum Gasteiger partial charge on any atom is 0.331 e. The van der Waals surface area contributed by atoms with Crippen molar-refractivity contribution in [3.8, 4) is 11.1 Å². The van der Waals surface area contributed by atoms with Crippen LogP contribution in [-0.4, -0.2) is 38.7 Å². The van der Waals surface area contributed by atoms with E-state index in [1.54, 1.807) is 16.7 Å². The summed E-state index contributed by atoms with van der Waals surface area (Å²) >= 11 is 0. The molecule has 0 saturated carbocycles. The quantitative estimate of drug-likeness (QED) is 0.346. The molecule has 4 aromatic rings. The molecule has 2 aliphatic heterocycles. The van der Waals surface area contributed by atoms with Crippen LogP contribution in [0.2, 0.25) is 0 Å². The molecule has 2 aliphatic rings. The standard InChI is InChI=1S/C31H33FN4O2/c32-24-12-10-23(11-13-24)29-28-9-3-4-17-35(28)31(38)36(30(29)37)18-6-5-16-34-19-14-22(15-20-34)26-21-33-27-8-2-1-7-25(26)27/h1-2,7-8,10-14,21,33H,3-6,9,15-20H2. The molecule has 6 rings (SSSR count). The lowest BCUT2D eigenvalue weighted by Crippen LogP contribution is -2.43. The molecule has 0 radical (unpaired) electrons. The second-order valence-electron chi connectivity index (χ2n) is 10.4. The van der Waals surface area contributed by atoms with Crippen molar-refractivity contribution in [2.75, 3.05) is 19.6 Å². The van der Waals surface area contributed by atoms with Crippen LogP contribution in [0.3, 0.4) is 0 Å². The second-order valence-corrected chi connectivity index (χ2v) is 10.4. The maximum absolute atomic E-state index is 13.6. The number of nitrogens with zero attached hydrogens (tertiary/aromatic N) is 3. The fourth-order valence-electron chi connectivity index (χ4n) is 6.00. The van der Waals surface area contributed by atoms with Gasteiger partial charge in [0.2, 0.25) is 0 Å². The first-order valence-corrected chi connectivity index (χ1v) is 13.7. The molecular weight excluding hydrogens is 479 g/mol. The minimum absolute atomic E-state index is 0.208. The van der Waals surface area contributed by atoms with Crippen molar-refractivity contribution in [1.82, 2.24) is 19.0 Å². The number of nitrogens with one attached hydrogen (secondary N) is 1. The predicted molar refractivity (Wildman–Crippen MR) is 150 cm³/mol. The van der Waals surface area contributed by atoms with Crippen LogP contribution in [0.1, 0.15) is 43.4 Å². The predicted octanol–water partition coefficient (Wildman–Crippen LogP) is 5.20. The van der Waals surface area contributed by atoms with Gasteiger partial charge in [0, 0.05) is 54.5 Å². The van der Waals surface area contributed by atoms with Crippen LogP contribution in [0.25, 0.3) is 27.6 Å². The third kappa shape index (κ3) is 4.67. The van der Waals surface area contributed by atoms with E-state index in [0.717, 1.165) is 57.4 Å². The Morgan fingerprint density at radius 2 is 1.71 bits per heavy atom. The van der Waals surface area contributed by atoms with Crippen LogP contribution < -0.4 is 11.2 Å². The van der Waals surface area contributed by atoms with E-state index in [1.807, 2.05) is 0 Å². The van der Waals surface area contributed by atoms with E-state index in [0.29, 0.717) is 30.6 Å². The Labute approximate surface area is 221 Å². The van der Waals surface area contributed by atoms with Gasteiger partial charge in [0.25, 0.3) is 5.56 Å². The molecule has 0 aliphatic carbocycles. The minimum Gasteiger partial charge on any atom is -0.361 e. The van der Waals surface area contributed by atoms with Gasteiger partial charge in [-0.1, -0.05) is 36.4 Å². The lowest BCUT2D eigenvalue weighted by atomic mass is 9.98. The summed E-state index contributed by atoms with van der Waals surface area (Å²) in [5, 5.41) is 1.27. The molecule has 4 heterocycles. The van der Waals surface area contributed by atoms with Crippen LogP contribution in [0.4, 0.5) is 4.39 Å². The number of benzene rings is 2. The van der Waals surface area contributed by atoms with Crippen molar-refractivity contribution in [2.45, 2.75) is 51.6 Å². The van der Waals surface area contributed by atoms with Crippen molar-refractivity contribution in [3.05, 3.63) is 98.7 Å². The average molecular weight is 513 g/mol. The lowest BCUT2D eigenvalue weighted by molar-refractivity contribution is 0.291. The molecule has 0 atom stereocenters. The highest BCUT2D eigenvalue weighted by Crippen LogP contribution is 2.29. The fraction of sp³-hybridized carbons (Fsp3) is 0.355. The van der Waals surface area contributed by atoms with Gasteiger partial charge in [-0.15, -0.1) is 0 Å². The Morgan fingerprint density at radius 3 is 2.53 bits per heavy atom. The first-order valence-electron chi connectivity index (χ1n) is 13.7. The molecular formula is C31H33FN4O2. The van der Waals surface area contributed by atoms with Crippen LogP contribution in [0, 0.1) is 5.82 Å². The van der Waals surface area contributed by atoms with Crippen molar-refractivity contribution >= 4 is 16.5 Å². The molecule has 0 saturated heterocycles. The van der Waals surface area contributed by atoms with E-state index in [1.165, 1.54) is 38.7 Å². The van der Waals surface area contributed by atoms with Crippen molar-refractivity contribution in [3.63, 3.8) is 0 Å². The maximum atomic E-state index is 13.6. The van der Waals surface area contributed by atoms with E-state index >= 15 is 0 Å². The zero-order valence-electron chi connectivity index (χ0n) is 21.6. The molecule has 0 amide bonds. The van der Waals surface area contributed by atoms with E-state index < -0.39 is 0 Å². The van der Waals surface area contributed by atoms with Gasteiger partial charge in [-0.3, -0.25) is 18.8 Å². The van der Waals surface area contributed by atoms with Crippen molar-refractivity contribution < 1.29 is 4.39 Å². The zero-order valence-corrected chi connectivity index (χ0v) is 21.6. The molecule has 2 aromatic heterocycles. The van der Waals surface area contributed by atoms with Gasteiger partial charge in [-0.25, -0.2) is 9.18 Å². The summed E-state index contributed by atoms with van der Waals surface area (Å²) in [7, 11) is 0. The molecule has 7 heteroatoms. The van der Waals surface area contributed by atoms with Gasteiger partial charge < -0.3 is 4.98 Å². The molecule has 0 spiro atoms. The van der Waals surface area contributed by atoms with Crippen LogP contribution in [-0.2, 0) is 19.5 Å². The number of halogens is 1. The summed E-state index contributed by atoms with van der Waals surface area (Å²) in [4.78, 5) is 32.6. The molecule has 6 nitrogen and oxygen atoms in total. The highest BCUT2D eigenvalue weighted by Gasteiger charge is 2.22. The van der Waals surface area contributed by atoms with Gasteiger partial charge in [-0.05, 0) is 74.4 Å². The summed E-state index contributed by atoms with van der Waals surface area (Å²) in [5.74, 6) is -0.336. The Hall–Kier alpha value is -3.71. The number of unbranched alkanes of at least 4 members (excludes halogenated alkanes) is 1. The van der Waals surface area contributed by atoms with Crippen molar-refractivity contribution in [1.29, 1.82) is 0 Å². The number of para-hydroxylation sites is 1. The van der Waals surface area contributed by atoms with Crippen LogP contribution in [0.5, 0.6) is 0 Å². The monoisotopic (exact) mass is 512 g/mol. The van der Waals surface area contributed by atoms with Gasteiger partial charge in [0.15, 0.2) is 0 Å². The number of hydrogen-bond acceptors (Lipinski definition) is 3. The highest BCUT2D eigenvalue weighted by atomic mass is 19.1. The average Bonchev–Trinajstić information content (AvgIpc) is 3.38. The molecule has 196 valence electrons. The minimum atomic E-state index is -0.336. The second kappa shape index (κ2) is 10.6. The summed E-state index contributed by atoms with van der Waals surface area (Å²) < 4.78 is 16.7. The number of H-pyrrole nitrogens is 1.